The Kier molecular flexibility index (Phi) is 6.13. The summed E-state index contributed by atoms with van der Waals surface area (Å²) < 4.78 is 12.8. The molecular weight excluding hydrogens is 444 g/mol. The van der Waals surface area contributed by atoms with E-state index in [1.165, 1.54) is 11.0 Å². The van der Waals surface area contributed by atoms with Gasteiger partial charge in [0.1, 0.15) is 6.33 Å². The van der Waals surface area contributed by atoms with Crippen molar-refractivity contribution in [3.05, 3.63) is 95.9 Å². The number of carbonyl (C=O) groups is 1. The predicted octanol–water partition coefficient (Wildman–Crippen LogP) is 3.72. The molecule has 2 aromatic heterocycles. The van der Waals surface area contributed by atoms with Crippen molar-refractivity contribution < 1.29 is 14.3 Å². The molecule has 0 saturated heterocycles. The van der Waals surface area contributed by atoms with Crippen molar-refractivity contribution in [3.8, 4) is 17.2 Å². The van der Waals surface area contributed by atoms with E-state index in [0.717, 1.165) is 22.0 Å². The zero-order chi connectivity index (χ0) is 24.2. The first kappa shape index (κ1) is 22.1. The lowest BCUT2D eigenvalue weighted by Gasteiger charge is -2.22. The van der Waals surface area contributed by atoms with Gasteiger partial charge < -0.3 is 19.8 Å². The number of nitrogens with one attached hydrogen (secondary N) is 2. The largest absolute Gasteiger partial charge is 0.493 e. The van der Waals surface area contributed by atoms with Gasteiger partial charge in [0.25, 0.3) is 5.91 Å². The minimum atomic E-state index is -0.234. The Hall–Kier alpha value is -4.66. The fourth-order valence-corrected chi connectivity index (χ4v) is 4.38. The predicted molar refractivity (Wildman–Crippen MR) is 131 cm³/mol. The molecule has 35 heavy (non-hydrogen) atoms. The van der Waals surface area contributed by atoms with Crippen LogP contribution in [-0.2, 0) is 0 Å². The molecule has 0 aliphatic carbocycles. The van der Waals surface area contributed by atoms with Crippen LogP contribution >= 0.6 is 0 Å². The quantitative estimate of drug-likeness (QED) is 0.359. The Labute approximate surface area is 201 Å². The molecule has 0 saturated carbocycles. The third-order valence-electron chi connectivity index (χ3n) is 6.02. The number of hydrogen-bond donors (Lipinski definition) is 2. The highest BCUT2D eigenvalue weighted by Gasteiger charge is 2.25. The Morgan fingerprint density at radius 1 is 1.00 bits per heavy atom. The molecule has 9 heteroatoms. The second-order valence-corrected chi connectivity index (χ2v) is 7.91. The van der Waals surface area contributed by atoms with Gasteiger partial charge in [0.05, 0.1) is 25.5 Å². The monoisotopic (exact) mass is 468 g/mol. The number of benzene rings is 3. The lowest BCUT2D eigenvalue weighted by Crippen LogP contribution is -2.30. The van der Waals surface area contributed by atoms with Gasteiger partial charge in [-0.15, -0.1) is 5.10 Å². The van der Waals surface area contributed by atoms with Crippen molar-refractivity contribution in [2.45, 2.75) is 5.92 Å². The number of ether oxygens (including phenoxy) is 2. The van der Waals surface area contributed by atoms with Crippen molar-refractivity contribution >= 4 is 16.8 Å². The van der Waals surface area contributed by atoms with E-state index in [0.29, 0.717) is 29.3 Å². The summed E-state index contributed by atoms with van der Waals surface area (Å²) in [6.07, 6.45) is 3.44. The van der Waals surface area contributed by atoms with Gasteiger partial charge in [-0.2, -0.15) is 4.68 Å². The van der Waals surface area contributed by atoms with Crippen molar-refractivity contribution in [1.29, 1.82) is 0 Å². The molecule has 5 rings (SSSR count). The lowest BCUT2D eigenvalue weighted by atomic mass is 9.89. The summed E-state index contributed by atoms with van der Waals surface area (Å²) in [5, 5.41) is 15.5. The summed E-state index contributed by atoms with van der Waals surface area (Å²) in [5.41, 5.74) is 4.03. The number of methoxy groups -OCH3 is 2. The second-order valence-electron chi connectivity index (χ2n) is 7.91. The molecular formula is C26H24N6O3. The van der Waals surface area contributed by atoms with Gasteiger partial charge >= 0.3 is 0 Å². The van der Waals surface area contributed by atoms with E-state index < -0.39 is 0 Å². The SMILES string of the molecule is COc1cccc(C(CNC(=O)c2ccccc2-n2cnnn2)c2c[nH]c3ccccc23)c1OC. The first-order chi connectivity index (χ1) is 17.2. The third kappa shape index (κ3) is 4.19. The Bertz CT molecular complexity index is 1460. The highest BCUT2D eigenvalue weighted by Crippen LogP contribution is 2.40. The Morgan fingerprint density at radius 3 is 2.63 bits per heavy atom. The number of tetrazole rings is 1. The molecule has 2 N–H and O–H groups in total. The fraction of sp³-hybridized carbons (Fsp3) is 0.154. The molecule has 9 nitrogen and oxygen atoms in total. The van der Waals surface area contributed by atoms with E-state index in [9.17, 15) is 4.79 Å². The number of para-hydroxylation sites is 3. The van der Waals surface area contributed by atoms with Crippen molar-refractivity contribution in [2.24, 2.45) is 0 Å². The van der Waals surface area contributed by atoms with E-state index >= 15 is 0 Å². The minimum absolute atomic E-state index is 0.208. The second kappa shape index (κ2) is 9.68. The summed E-state index contributed by atoms with van der Waals surface area (Å²) in [5.74, 6) is 0.821. The summed E-state index contributed by atoms with van der Waals surface area (Å²) in [6.45, 7) is 0.328. The number of carbonyl (C=O) groups excluding carboxylic acids is 1. The van der Waals surface area contributed by atoms with Crippen LogP contribution in [0, 0.1) is 0 Å². The number of amides is 1. The van der Waals surface area contributed by atoms with Gasteiger partial charge in [0.15, 0.2) is 11.5 Å². The number of aromatic nitrogens is 5. The van der Waals surface area contributed by atoms with Gasteiger partial charge in [-0.25, -0.2) is 0 Å². The van der Waals surface area contributed by atoms with Crippen LogP contribution in [0.25, 0.3) is 16.6 Å². The van der Waals surface area contributed by atoms with E-state index in [4.69, 9.17) is 9.47 Å². The Balaban J connectivity index is 1.53. The molecule has 0 aliphatic rings. The minimum Gasteiger partial charge on any atom is -0.493 e. The van der Waals surface area contributed by atoms with Gasteiger partial charge in [-0.1, -0.05) is 42.5 Å². The van der Waals surface area contributed by atoms with E-state index in [-0.39, 0.29) is 11.8 Å². The van der Waals surface area contributed by atoms with Crippen LogP contribution in [0.1, 0.15) is 27.4 Å². The molecule has 0 fully saturated rings. The van der Waals surface area contributed by atoms with Crippen LogP contribution in [0.5, 0.6) is 11.5 Å². The first-order valence-corrected chi connectivity index (χ1v) is 11.1. The molecule has 3 aromatic carbocycles. The van der Waals surface area contributed by atoms with Crippen LogP contribution in [0.4, 0.5) is 0 Å². The van der Waals surface area contributed by atoms with Crippen molar-refractivity contribution in [1.82, 2.24) is 30.5 Å². The molecule has 176 valence electrons. The molecule has 0 radical (unpaired) electrons. The maximum atomic E-state index is 13.4. The molecule has 0 spiro atoms. The number of aromatic amines is 1. The number of rotatable bonds is 8. The van der Waals surface area contributed by atoms with Crippen LogP contribution in [0.2, 0.25) is 0 Å². The van der Waals surface area contributed by atoms with Crippen LogP contribution < -0.4 is 14.8 Å². The number of H-pyrrole nitrogens is 1. The number of fused-ring (bicyclic) bond motifs is 1. The molecule has 1 unspecified atom stereocenters. The smallest absolute Gasteiger partial charge is 0.253 e. The van der Waals surface area contributed by atoms with E-state index in [2.05, 4.69) is 31.9 Å². The standard InChI is InChI=1S/C26H24N6O3/c1-34-24-13-7-10-18(25(24)35-2)21(20-14-27-22-11-5-3-8-17(20)22)15-28-26(33)19-9-4-6-12-23(19)32-16-29-30-31-32/h3-14,16,21,27H,15H2,1-2H3,(H,28,33). The molecule has 1 amide bonds. The maximum Gasteiger partial charge on any atom is 0.253 e. The van der Waals surface area contributed by atoms with Crippen molar-refractivity contribution in [3.63, 3.8) is 0 Å². The van der Waals surface area contributed by atoms with Crippen LogP contribution in [-0.4, -0.2) is 51.9 Å². The average Bonchev–Trinajstić information content (AvgIpc) is 3.59. The first-order valence-electron chi connectivity index (χ1n) is 11.1. The zero-order valence-electron chi connectivity index (χ0n) is 19.3. The van der Waals surface area contributed by atoms with Crippen molar-refractivity contribution in [2.75, 3.05) is 20.8 Å². The zero-order valence-corrected chi connectivity index (χ0v) is 19.3. The maximum absolute atomic E-state index is 13.4. The fourth-order valence-electron chi connectivity index (χ4n) is 4.38. The van der Waals surface area contributed by atoms with E-state index in [1.807, 2.05) is 54.7 Å². The van der Waals surface area contributed by atoms with Gasteiger partial charge in [0.2, 0.25) is 0 Å². The van der Waals surface area contributed by atoms with Gasteiger partial charge in [0, 0.05) is 35.1 Å². The van der Waals surface area contributed by atoms with Crippen LogP contribution in [0.3, 0.4) is 0 Å². The summed E-state index contributed by atoms with van der Waals surface area (Å²) in [7, 11) is 3.23. The number of hydrogen-bond acceptors (Lipinski definition) is 6. The highest BCUT2D eigenvalue weighted by molar-refractivity contribution is 5.97. The summed E-state index contributed by atoms with van der Waals surface area (Å²) in [6, 6.07) is 21.1. The summed E-state index contributed by atoms with van der Waals surface area (Å²) >= 11 is 0. The average molecular weight is 469 g/mol. The third-order valence-corrected chi connectivity index (χ3v) is 6.02. The summed E-state index contributed by atoms with van der Waals surface area (Å²) in [4.78, 5) is 16.7. The molecule has 5 aromatic rings. The lowest BCUT2D eigenvalue weighted by molar-refractivity contribution is 0.0952. The molecule has 0 aliphatic heterocycles. The Morgan fingerprint density at radius 2 is 1.83 bits per heavy atom. The number of nitrogens with zero attached hydrogens (tertiary/aromatic N) is 4. The van der Waals surface area contributed by atoms with Gasteiger partial charge in [-0.05, 0) is 40.3 Å². The highest BCUT2D eigenvalue weighted by atomic mass is 16.5. The van der Waals surface area contributed by atoms with E-state index in [1.54, 1.807) is 26.4 Å². The van der Waals surface area contributed by atoms with Gasteiger partial charge in [-0.3, -0.25) is 4.79 Å². The van der Waals surface area contributed by atoms with Crippen LogP contribution in [0.15, 0.2) is 79.3 Å². The molecule has 0 bridgehead atoms. The topological polar surface area (TPSA) is 107 Å². The molecule has 2 heterocycles. The normalized spacial score (nSPS) is 11.8. The molecule has 1 atom stereocenters.